The summed E-state index contributed by atoms with van der Waals surface area (Å²) in [5.74, 6) is 0.528. The first-order valence-electron chi connectivity index (χ1n) is 7.55. The van der Waals surface area contributed by atoms with E-state index < -0.39 is 5.60 Å². The lowest BCUT2D eigenvalue weighted by Gasteiger charge is -2.44. The number of aliphatic hydroxyl groups is 1. The second-order valence-electron chi connectivity index (χ2n) is 7.49. The van der Waals surface area contributed by atoms with Gasteiger partial charge < -0.3 is 19.5 Å². The van der Waals surface area contributed by atoms with E-state index >= 15 is 0 Å². The van der Waals surface area contributed by atoms with E-state index in [4.69, 9.17) is 9.47 Å². The highest BCUT2D eigenvalue weighted by molar-refractivity contribution is 5.68. The highest BCUT2D eigenvalue weighted by atomic mass is 16.6. The van der Waals surface area contributed by atoms with Crippen LogP contribution < -0.4 is 0 Å². The monoisotopic (exact) mass is 283 g/mol. The average Bonchev–Trinajstić information content (AvgIpc) is 3.04. The van der Waals surface area contributed by atoms with E-state index in [1.54, 1.807) is 4.90 Å². The number of fused-ring (bicyclic) bond motifs is 2. The molecule has 0 bridgehead atoms. The molecule has 5 heteroatoms. The Bertz CT molecular complexity index is 405. The van der Waals surface area contributed by atoms with Crippen molar-refractivity contribution in [2.24, 2.45) is 11.3 Å². The zero-order valence-electron chi connectivity index (χ0n) is 12.6. The molecule has 0 radical (unpaired) electrons. The quantitative estimate of drug-likeness (QED) is 0.797. The number of nitrogens with zero attached hydrogens (tertiary/aromatic N) is 1. The van der Waals surface area contributed by atoms with E-state index in [0.717, 1.165) is 25.9 Å². The molecule has 1 N–H and O–H groups in total. The van der Waals surface area contributed by atoms with Crippen LogP contribution in [0.15, 0.2) is 0 Å². The maximum absolute atomic E-state index is 12.1. The van der Waals surface area contributed by atoms with E-state index in [2.05, 4.69) is 0 Å². The van der Waals surface area contributed by atoms with Crippen LogP contribution in [0, 0.1) is 11.3 Å². The van der Waals surface area contributed by atoms with Gasteiger partial charge in [-0.3, -0.25) is 0 Å². The van der Waals surface area contributed by atoms with E-state index in [-0.39, 0.29) is 23.7 Å². The summed E-state index contributed by atoms with van der Waals surface area (Å²) >= 11 is 0. The topological polar surface area (TPSA) is 59.0 Å². The average molecular weight is 283 g/mol. The molecule has 2 unspecified atom stereocenters. The van der Waals surface area contributed by atoms with Crippen molar-refractivity contribution >= 4 is 6.09 Å². The van der Waals surface area contributed by atoms with Gasteiger partial charge in [0.1, 0.15) is 5.60 Å². The Morgan fingerprint density at radius 2 is 2.05 bits per heavy atom. The van der Waals surface area contributed by atoms with Crippen LogP contribution in [0.5, 0.6) is 0 Å². The van der Waals surface area contributed by atoms with Crippen LogP contribution in [-0.4, -0.2) is 53.6 Å². The largest absolute Gasteiger partial charge is 0.444 e. The fourth-order valence-corrected chi connectivity index (χ4v) is 3.92. The maximum Gasteiger partial charge on any atom is 0.410 e. The molecular formula is C15H25NO4. The van der Waals surface area contributed by atoms with Crippen molar-refractivity contribution in [2.75, 3.05) is 26.3 Å². The second kappa shape index (κ2) is 4.34. The summed E-state index contributed by atoms with van der Waals surface area (Å²) < 4.78 is 11.4. The summed E-state index contributed by atoms with van der Waals surface area (Å²) in [5, 5.41) is 9.73. The summed E-state index contributed by atoms with van der Waals surface area (Å²) in [6.07, 6.45) is 2.46. The lowest BCUT2D eigenvalue weighted by atomic mass is 9.77. The van der Waals surface area contributed by atoms with E-state index in [1.165, 1.54) is 0 Å². The molecule has 3 rings (SSSR count). The third-order valence-corrected chi connectivity index (χ3v) is 5.21. The Morgan fingerprint density at radius 3 is 2.55 bits per heavy atom. The molecule has 5 nitrogen and oxygen atoms in total. The number of amides is 1. The molecule has 1 amide bonds. The predicted molar refractivity (Wildman–Crippen MR) is 73.3 cm³/mol. The normalized spacial score (nSPS) is 35.0. The molecule has 0 aromatic rings. The highest BCUT2D eigenvalue weighted by Crippen LogP contribution is 2.68. The zero-order chi connectivity index (χ0) is 14.6. The predicted octanol–water partition coefficient (Wildman–Crippen LogP) is 1.78. The number of likely N-dealkylation sites (tertiary alicyclic amines) is 1. The Labute approximate surface area is 120 Å². The third-order valence-electron chi connectivity index (χ3n) is 5.21. The van der Waals surface area contributed by atoms with Crippen molar-refractivity contribution in [3.8, 4) is 0 Å². The number of rotatable bonds is 1. The number of carbonyl (C=O) groups excluding carboxylic acids is 1. The number of hydrogen-bond donors (Lipinski definition) is 1. The van der Waals surface area contributed by atoms with Gasteiger partial charge in [-0.2, -0.15) is 0 Å². The molecule has 20 heavy (non-hydrogen) atoms. The van der Waals surface area contributed by atoms with E-state index in [1.807, 2.05) is 20.8 Å². The maximum atomic E-state index is 12.1. The molecule has 1 spiro atoms. The van der Waals surface area contributed by atoms with Gasteiger partial charge in [0.25, 0.3) is 0 Å². The van der Waals surface area contributed by atoms with Crippen LogP contribution in [-0.2, 0) is 9.47 Å². The molecule has 2 saturated heterocycles. The smallest absolute Gasteiger partial charge is 0.410 e. The lowest BCUT2D eigenvalue weighted by Crippen LogP contribution is -2.53. The first-order valence-corrected chi connectivity index (χ1v) is 7.55. The first-order chi connectivity index (χ1) is 9.32. The van der Waals surface area contributed by atoms with Crippen LogP contribution >= 0.6 is 0 Å². The van der Waals surface area contributed by atoms with Gasteiger partial charge in [-0.1, -0.05) is 0 Å². The number of aliphatic hydroxyl groups excluding tert-OH is 1. The van der Waals surface area contributed by atoms with Crippen molar-refractivity contribution in [2.45, 2.75) is 51.2 Å². The molecule has 1 saturated carbocycles. The summed E-state index contributed by atoms with van der Waals surface area (Å²) in [6, 6.07) is 0. The van der Waals surface area contributed by atoms with Crippen LogP contribution in [0.2, 0.25) is 0 Å². The number of piperidine rings is 1. The standard InChI is InChI=1S/C15H25NO4/c1-13(2,3)20-12(18)16-6-4-15(5-7-16)14(10-17)8-11(14)9-19-15/h11,17H,4-10H2,1-3H3. The van der Waals surface area contributed by atoms with Gasteiger partial charge in [0.15, 0.2) is 0 Å². The van der Waals surface area contributed by atoms with Gasteiger partial charge in [0.05, 0.1) is 18.8 Å². The first kappa shape index (κ1) is 14.1. The van der Waals surface area contributed by atoms with Gasteiger partial charge in [-0.25, -0.2) is 4.79 Å². The van der Waals surface area contributed by atoms with Crippen molar-refractivity contribution in [1.29, 1.82) is 0 Å². The fourth-order valence-electron chi connectivity index (χ4n) is 3.92. The number of carbonyl (C=O) groups is 1. The summed E-state index contributed by atoms with van der Waals surface area (Å²) in [7, 11) is 0. The minimum atomic E-state index is -0.454. The zero-order valence-corrected chi connectivity index (χ0v) is 12.6. The molecule has 3 fully saturated rings. The minimum Gasteiger partial charge on any atom is -0.444 e. The van der Waals surface area contributed by atoms with E-state index in [0.29, 0.717) is 19.0 Å². The molecule has 2 atom stereocenters. The fraction of sp³-hybridized carbons (Fsp3) is 0.933. The second-order valence-corrected chi connectivity index (χ2v) is 7.49. The minimum absolute atomic E-state index is 0.0208. The summed E-state index contributed by atoms with van der Waals surface area (Å²) in [6.45, 7) is 7.94. The Morgan fingerprint density at radius 1 is 1.40 bits per heavy atom. The van der Waals surface area contributed by atoms with E-state index in [9.17, 15) is 9.90 Å². The van der Waals surface area contributed by atoms with Gasteiger partial charge in [-0.15, -0.1) is 0 Å². The molecule has 0 aromatic heterocycles. The van der Waals surface area contributed by atoms with Gasteiger partial charge in [-0.05, 0) is 46.0 Å². The van der Waals surface area contributed by atoms with Crippen LogP contribution in [0.1, 0.15) is 40.0 Å². The Hall–Kier alpha value is -0.810. The molecule has 2 aliphatic heterocycles. The summed E-state index contributed by atoms with van der Waals surface area (Å²) in [5.41, 5.74) is -0.679. The van der Waals surface area contributed by atoms with Gasteiger partial charge in [0, 0.05) is 18.5 Å². The van der Waals surface area contributed by atoms with Crippen molar-refractivity contribution in [1.82, 2.24) is 4.90 Å². The molecular weight excluding hydrogens is 258 g/mol. The van der Waals surface area contributed by atoms with Crippen molar-refractivity contribution in [3.05, 3.63) is 0 Å². The third kappa shape index (κ3) is 2.02. The molecule has 3 aliphatic rings. The highest BCUT2D eigenvalue weighted by Gasteiger charge is 2.71. The molecule has 0 aromatic carbocycles. The summed E-state index contributed by atoms with van der Waals surface area (Å²) in [4.78, 5) is 13.8. The van der Waals surface area contributed by atoms with Crippen LogP contribution in [0.4, 0.5) is 4.79 Å². The Balaban J connectivity index is 1.62. The van der Waals surface area contributed by atoms with Gasteiger partial charge >= 0.3 is 6.09 Å². The van der Waals surface area contributed by atoms with Crippen LogP contribution in [0.3, 0.4) is 0 Å². The van der Waals surface area contributed by atoms with Crippen LogP contribution in [0.25, 0.3) is 0 Å². The number of hydrogen-bond acceptors (Lipinski definition) is 4. The van der Waals surface area contributed by atoms with Crippen molar-refractivity contribution in [3.63, 3.8) is 0 Å². The SMILES string of the molecule is CC(C)(C)OC(=O)N1CCC2(CC1)OCC1CC12CO. The van der Waals surface area contributed by atoms with Gasteiger partial charge in [0.2, 0.25) is 0 Å². The molecule has 2 heterocycles. The molecule has 1 aliphatic carbocycles. The molecule has 114 valence electrons. The van der Waals surface area contributed by atoms with Crippen molar-refractivity contribution < 1.29 is 19.4 Å². The number of ether oxygens (including phenoxy) is 2. The Kier molecular flexibility index (Phi) is 3.07. The lowest BCUT2D eigenvalue weighted by molar-refractivity contribution is -0.104.